The van der Waals surface area contributed by atoms with E-state index in [1.807, 2.05) is 0 Å². The maximum absolute atomic E-state index is 2.47. The van der Waals surface area contributed by atoms with Crippen LogP contribution >= 0.6 is 0 Å². The zero-order valence-electron chi connectivity index (χ0n) is 22.3. The summed E-state index contributed by atoms with van der Waals surface area (Å²) < 4.78 is 2.47. The van der Waals surface area contributed by atoms with E-state index in [1.54, 1.807) is 0 Å². The first-order valence-electron chi connectivity index (χ1n) is 13.9. The largest absolute Gasteiger partial charge is 0.309 e. The Morgan fingerprint density at radius 2 is 0.725 bits per heavy atom. The molecule has 0 unspecified atom stereocenters. The Morgan fingerprint density at radius 1 is 0.375 bits per heavy atom. The van der Waals surface area contributed by atoms with Gasteiger partial charge in [-0.3, -0.25) is 0 Å². The maximum Gasteiger partial charge on any atom is 0.0547 e. The lowest BCUT2D eigenvalue weighted by molar-refractivity contribution is 1.10. The second kappa shape index (κ2) is 8.97. The highest BCUT2D eigenvalue weighted by molar-refractivity contribution is 6.15. The molecule has 40 heavy (non-hydrogen) atoms. The molecule has 0 spiro atoms. The third-order valence-electron chi connectivity index (χ3n) is 8.23. The molecule has 0 aliphatic heterocycles. The van der Waals surface area contributed by atoms with E-state index in [4.69, 9.17) is 0 Å². The summed E-state index contributed by atoms with van der Waals surface area (Å²) in [6.45, 7) is 2.15. The molecule has 0 saturated carbocycles. The molecule has 8 rings (SSSR count). The van der Waals surface area contributed by atoms with E-state index >= 15 is 0 Å². The van der Waals surface area contributed by atoms with Crippen LogP contribution in [0.4, 0.5) is 0 Å². The van der Waals surface area contributed by atoms with Gasteiger partial charge in [0.15, 0.2) is 0 Å². The molecule has 188 valence electrons. The lowest BCUT2D eigenvalue weighted by Crippen LogP contribution is -2.01. The molecule has 0 aliphatic carbocycles. The fourth-order valence-corrected chi connectivity index (χ4v) is 6.38. The van der Waals surface area contributed by atoms with E-state index in [2.05, 4.69) is 157 Å². The van der Waals surface area contributed by atoms with Gasteiger partial charge in [-0.25, -0.2) is 0 Å². The van der Waals surface area contributed by atoms with Gasteiger partial charge in [-0.05, 0) is 86.4 Å². The molecule has 1 heterocycles. The Kier molecular flexibility index (Phi) is 5.11. The number of benzene rings is 7. The average molecular weight is 510 g/mol. The molecule has 0 amide bonds. The summed E-state index contributed by atoms with van der Waals surface area (Å²) in [6.07, 6.45) is 0. The molecule has 1 heteroatoms. The van der Waals surface area contributed by atoms with Crippen LogP contribution in [0.1, 0.15) is 5.56 Å². The average Bonchev–Trinajstić information content (AvgIpc) is 3.43. The van der Waals surface area contributed by atoms with Crippen LogP contribution in [-0.2, 0) is 0 Å². The van der Waals surface area contributed by atoms with Crippen LogP contribution in [0.5, 0.6) is 0 Å². The second-order valence-electron chi connectivity index (χ2n) is 10.7. The third kappa shape index (κ3) is 3.48. The zero-order chi connectivity index (χ0) is 26.6. The molecule has 8 aromatic rings. The molecule has 0 atom stereocenters. The van der Waals surface area contributed by atoms with E-state index in [0.717, 1.165) is 5.69 Å². The first-order chi connectivity index (χ1) is 19.8. The van der Waals surface area contributed by atoms with Crippen molar-refractivity contribution < 1.29 is 0 Å². The Morgan fingerprint density at radius 3 is 1.10 bits per heavy atom. The van der Waals surface area contributed by atoms with Crippen molar-refractivity contribution in [2.45, 2.75) is 6.92 Å². The van der Waals surface area contributed by atoms with Crippen molar-refractivity contribution in [1.82, 2.24) is 4.57 Å². The first kappa shape index (κ1) is 22.8. The molecular weight excluding hydrogens is 482 g/mol. The molecule has 0 radical (unpaired) electrons. The van der Waals surface area contributed by atoms with Gasteiger partial charge in [-0.2, -0.15) is 0 Å². The van der Waals surface area contributed by atoms with Gasteiger partial charge in [-0.15, -0.1) is 0 Å². The van der Waals surface area contributed by atoms with Crippen molar-refractivity contribution in [3.63, 3.8) is 0 Å². The maximum atomic E-state index is 2.47. The number of hydrogen-bond donors (Lipinski definition) is 0. The van der Waals surface area contributed by atoms with Crippen molar-refractivity contribution in [3.05, 3.63) is 151 Å². The SMILES string of the molecule is Cc1ccc(-n2c(-c3c4ccccc4cc4ccccc34)ccc2-c2c3ccccc3cc3ccccc23)cc1. The van der Waals surface area contributed by atoms with Crippen LogP contribution in [-0.4, -0.2) is 4.57 Å². The monoisotopic (exact) mass is 509 g/mol. The standard InChI is InChI=1S/C39H27N/c1-26-18-20-31(21-19-26)40-36(38-32-14-6-2-10-27(32)24-28-11-3-7-15-33(28)38)22-23-37(40)39-34-16-8-4-12-29(34)25-30-13-5-9-17-35(30)39/h2-25H,1H3. The fourth-order valence-electron chi connectivity index (χ4n) is 6.38. The second-order valence-corrected chi connectivity index (χ2v) is 10.7. The highest BCUT2D eigenvalue weighted by Crippen LogP contribution is 2.43. The van der Waals surface area contributed by atoms with Gasteiger partial charge in [-0.1, -0.05) is 115 Å². The van der Waals surface area contributed by atoms with Crippen molar-refractivity contribution in [2.24, 2.45) is 0 Å². The van der Waals surface area contributed by atoms with Gasteiger partial charge in [0.05, 0.1) is 11.4 Å². The summed E-state index contributed by atoms with van der Waals surface area (Å²) in [4.78, 5) is 0. The molecule has 0 bridgehead atoms. The molecule has 0 N–H and O–H groups in total. The van der Waals surface area contributed by atoms with Gasteiger partial charge >= 0.3 is 0 Å². The van der Waals surface area contributed by atoms with Crippen LogP contribution in [0, 0.1) is 6.92 Å². The van der Waals surface area contributed by atoms with Crippen LogP contribution in [0.15, 0.2) is 146 Å². The Hall–Kier alpha value is -5.14. The predicted molar refractivity (Wildman–Crippen MR) is 171 cm³/mol. The topological polar surface area (TPSA) is 4.93 Å². The molecular formula is C39H27N. The van der Waals surface area contributed by atoms with Crippen molar-refractivity contribution in [3.8, 4) is 28.2 Å². The van der Waals surface area contributed by atoms with Gasteiger partial charge in [0.1, 0.15) is 0 Å². The van der Waals surface area contributed by atoms with Crippen molar-refractivity contribution in [2.75, 3.05) is 0 Å². The minimum atomic E-state index is 1.16. The van der Waals surface area contributed by atoms with Crippen molar-refractivity contribution >= 4 is 43.1 Å². The van der Waals surface area contributed by atoms with E-state index < -0.39 is 0 Å². The van der Waals surface area contributed by atoms with Gasteiger partial charge in [0.2, 0.25) is 0 Å². The fraction of sp³-hybridized carbons (Fsp3) is 0.0256. The Bertz CT molecular complexity index is 1970. The highest BCUT2D eigenvalue weighted by atomic mass is 15.0. The lowest BCUT2D eigenvalue weighted by atomic mass is 9.94. The molecule has 0 saturated heterocycles. The lowest BCUT2D eigenvalue weighted by Gasteiger charge is -2.19. The van der Waals surface area contributed by atoms with Gasteiger partial charge in [0.25, 0.3) is 0 Å². The van der Waals surface area contributed by atoms with E-state index in [0.29, 0.717) is 0 Å². The minimum absolute atomic E-state index is 1.16. The molecule has 7 aromatic carbocycles. The summed E-state index contributed by atoms with van der Waals surface area (Å²) >= 11 is 0. The van der Waals surface area contributed by atoms with Gasteiger partial charge in [0, 0.05) is 16.8 Å². The van der Waals surface area contributed by atoms with E-state index in [9.17, 15) is 0 Å². The summed E-state index contributed by atoms with van der Waals surface area (Å²) in [6, 6.07) is 53.3. The normalized spacial score (nSPS) is 11.6. The highest BCUT2D eigenvalue weighted by Gasteiger charge is 2.20. The van der Waals surface area contributed by atoms with Crippen LogP contribution in [0.3, 0.4) is 0 Å². The predicted octanol–water partition coefficient (Wildman–Crippen LogP) is 10.7. The van der Waals surface area contributed by atoms with Crippen LogP contribution in [0.25, 0.3) is 71.3 Å². The van der Waals surface area contributed by atoms with Gasteiger partial charge < -0.3 is 4.57 Å². The van der Waals surface area contributed by atoms with Crippen LogP contribution in [0.2, 0.25) is 0 Å². The van der Waals surface area contributed by atoms with E-state index in [1.165, 1.54) is 71.2 Å². The molecule has 0 fully saturated rings. The number of aryl methyl sites for hydroxylation is 1. The Labute approximate surface area is 233 Å². The minimum Gasteiger partial charge on any atom is -0.309 e. The summed E-state index contributed by atoms with van der Waals surface area (Å²) in [5, 5.41) is 10.1. The number of rotatable bonds is 3. The summed E-state index contributed by atoms with van der Waals surface area (Å²) in [5.41, 5.74) is 7.35. The molecule has 0 aliphatic rings. The molecule has 1 nitrogen and oxygen atoms in total. The smallest absolute Gasteiger partial charge is 0.0547 e. The third-order valence-corrected chi connectivity index (χ3v) is 8.23. The number of hydrogen-bond acceptors (Lipinski definition) is 0. The summed E-state index contributed by atoms with van der Waals surface area (Å²) in [5.74, 6) is 0. The zero-order valence-corrected chi connectivity index (χ0v) is 22.3. The van der Waals surface area contributed by atoms with E-state index in [-0.39, 0.29) is 0 Å². The number of fused-ring (bicyclic) bond motifs is 4. The van der Waals surface area contributed by atoms with Crippen LogP contribution < -0.4 is 0 Å². The first-order valence-corrected chi connectivity index (χ1v) is 13.9. The quantitative estimate of drug-likeness (QED) is 0.209. The summed E-state index contributed by atoms with van der Waals surface area (Å²) in [7, 11) is 0. The number of aromatic nitrogens is 1. The van der Waals surface area contributed by atoms with Crippen molar-refractivity contribution in [1.29, 1.82) is 0 Å². The molecule has 1 aromatic heterocycles. The Balaban J connectivity index is 1.56. The number of nitrogens with zero attached hydrogens (tertiary/aromatic N) is 1.